The zero-order valence-electron chi connectivity index (χ0n) is 25.0. The van der Waals surface area contributed by atoms with Crippen LogP contribution in [0.25, 0.3) is 22.4 Å². The lowest BCUT2D eigenvalue weighted by atomic mass is 9.70. The molecule has 7 nitrogen and oxygen atoms in total. The van der Waals surface area contributed by atoms with E-state index in [1.165, 1.54) is 11.0 Å². The van der Waals surface area contributed by atoms with Crippen molar-refractivity contribution in [3.05, 3.63) is 113 Å². The van der Waals surface area contributed by atoms with Crippen LogP contribution in [-0.4, -0.2) is 46.8 Å². The molecule has 3 N–H and O–H groups in total. The molecule has 4 aromatic carbocycles. The molecule has 2 fully saturated rings. The van der Waals surface area contributed by atoms with Crippen LogP contribution in [0.3, 0.4) is 0 Å². The first-order chi connectivity index (χ1) is 21.8. The molecule has 0 unspecified atom stereocenters. The predicted octanol–water partition coefficient (Wildman–Crippen LogP) is 5.09. The van der Waals surface area contributed by atoms with Crippen LogP contribution in [0.2, 0.25) is 0 Å². The molecule has 2 heterocycles. The van der Waals surface area contributed by atoms with Crippen molar-refractivity contribution >= 4 is 52.5 Å². The standard InChI is InChI=1S/C37H34BNO6/c1-22-18-30-35(37(42)39(36(30)41)27-11-7-10-26(20-27)38(43)44)31-21-45-33(34(22)31)17-15-24(23-8-3-2-4-9-23)19-25-14-16-32(40)29-13-6-5-12-28(25)29/h2-14,16,19-20,30-31,33,35,40,43-44H,15,17-18,21H2,1H3/b24-19-/t30-,31+,33-,35-/m1/s1. The summed E-state index contributed by atoms with van der Waals surface area (Å²) in [6.45, 7) is 2.44. The zero-order chi connectivity index (χ0) is 31.2. The van der Waals surface area contributed by atoms with Crippen LogP contribution in [0.15, 0.2) is 102 Å². The Morgan fingerprint density at radius 1 is 0.911 bits per heavy atom. The average Bonchev–Trinajstić information content (AvgIpc) is 3.59. The van der Waals surface area contributed by atoms with E-state index in [0.29, 0.717) is 18.7 Å². The van der Waals surface area contributed by atoms with E-state index in [4.69, 9.17) is 4.74 Å². The molecule has 2 aliphatic heterocycles. The third-order valence-corrected chi connectivity index (χ3v) is 9.66. The van der Waals surface area contributed by atoms with Crippen LogP contribution in [0.4, 0.5) is 5.69 Å². The minimum Gasteiger partial charge on any atom is -0.507 e. The third-order valence-electron chi connectivity index (χ3n) is 9.66. The van der Waals surface area contributed by atoms with E-state index in [9.17, 15) is 24.7 Å². The van der Waals surface area contributed by atoms with Gasteiger partial charge in [0.05, 0.1) is 30.2 Å². The summed E-state index contributed by atoms with van der Waals surface area (Å²) in [5.41, 5.74) is 6.12. The number of fused-ring (bicyclic) bond motifs is 4. The number of carbonyl (C=O) groups excluding carboxylic acids is 2. The van der Waals surface area contributed by atoms with E-state index in [1.807, 2.05) is 48.5 Å². The monoisotopic (exact) mass is 599 g/mol. The van der Waals surface area contributed by atoms with E-state index in [1.54, 1.807) is 24.3 Å². The SMILES string of the molecule is CC1=C2[C@@H](CC/C(=C/c3ccc(O)c4ccccc34)c3ccccc3)OC[C@@H]2[C@@H]2C(=O)N(c3cccc(B(O)O)c3)C(=O)[C@@H]2C1. The van der Waals surface area contributed by atoms with Gasteiger partial charge in [0, 0.05) is 11.3 Å². The van der Waals surface area contributed by atoms with Crippen LogP contribution in [0.1, 0.15) is 37.3 Å². The number of rotatable bonds is 7. The molecule has 45 heavy (non-hydrogen) atoms. The van der Waals surface area contributed by atoms with E-state index < -0.39 is 19.0 Å². The molecule has 0 radical (unpaired) electrons. The van der Waals surface area contributed by atoms with Gasteiger partial charge in [-0.15, -0.1) is 0 Å². The highest BCUT2D eigenvalue weighted by molar-refractivity contribution is 6.58. The smallest absolute Gasteiger partial charge is 0.488 e. The number of benzene rings is 4. The molecule has 2 saturated heterocycles. The first-order valence-electron chi connectivity index (χ1n) is 15.4. The number of hydrogen-bond acceptors (Lipinski definition) is 6. The van der Waals surface area contributed by atoms with E-state index in [2.05, 4.69) is 25.1 Å². The highest BCUT2D eigenvalue weighted by Gasteiger charge is 2.56. The number of phenolic OH excluding ortho intramolecular Hbond substituents is 1. The lowest BCUT2D eigenvalue weighted by Crippen LogP contribution is -2.35. The highest BCUT2D eigenvalue weighted by Crippen LogP contribution is 2.50. The molecule has 8 heteroatoms. The summed E-state index contributed by atoms with van der Waals surface area (Å²) in [4.78, 5) is 28.7. The number of aromatic hydroxyl groups is 1. The second-order valence-corrected chi connectivity index (χ2v) is 12.3. The van der Waals surface area contributed by atoms with Crippen molar-refractivity contribution in [2.45, 2.75) is 32.3 Å². The van der Waals surface area contributed by atoms with Gasteiger partial charge in [-0.3, -0.25) is 14.5 Å². The van der Waals surface area contributed by atoms with Gasteiger partial charge >= 0.3 is 7.12 Å². The van der Waals surface area contributed by atoms with Crippen molar-refractivity contribution in [3.8, 4) is 5.75 Å². The largest absolute Gasteiger partial charge is 0.507 e. The Morgan fingerprint density at radius 2 is 1.67 bits per heavy atom. The highest BCUT2D eigenvalue weighted by atomic mass is 16.5. The summed E-state index contributed by atoms with van der Waals surface area (Å²) < 4.78 is 6.41. The molecular weight excluding hydrogens is 565 g/mol. The molecule has 7 rings (SSSR count). The molecule has 4 atom stereocenters. The Bertz CT molecular complexity index is 1870. The maximum Gasteiger partial charge on any atom is 0.488 e. The Morgan fingerprint density at radius 3 is 2.44 bits per heavy atom. The number of nitrogens with zero attached hydrogens (tertiary/aromatic N) is 1. The van der Waals surface area contributed by atoms with Gasteiger partial charge in [-0.05, 0) is 77.5 Å². The molecule has 1 aliphatic carbocycles. The number of allylic oxidation sites excluding steroid dienone is 2. The number of ether oxygens (including phenoxy) is 1. The van der Waals surface area contributed by atoms with Crippen molar-refractivity contribution in [2.75, 3.05) is 11.5 Å². The summed E-state index contributed by atoms with van der Waals surface area (Å²) >= 11 is 0. The second kappa shape index (κ2) is 11.8. The van der Waals surface area contributed by atoms with E-state index in [0.717, 1.165) is 51.5 Å². The van der Waals surface area contributed by atoms with Crippen molar-refractivity contribution < 1.29 is 29.5 Å². The summed E-state index contributed by atoms with van der Waals surface area (Å²) in [5.74, 6) is -1.38. The van der Waals surface area contributed by atoms with Gasteiger partial charge < -0.3 is 19.9 Å². The predicted molar refractivity (Wildman–Crippen MR) is 175 cm³/mol. The first kappa shape index (κ1) is 29.2. The average molecular weight is 599 g/mol. The topological polar surface area (TPSA) is 107 Å². The molecule has 0 bridgehead atoms. The minimum absolute atomic E-state index is 0.163. The van der Waals surface area contributed by atoms with Gasteiger partial charge in [-0.2, -0.15) is 0 Å². The Hall–Kier alpha value is -4.50. The van der Waals surface area contributed by atoms with Gasteiger partial charge in [0.2, 0.25) is 11.8 Å². The first-order valence-corrected chi connectivity index (χ1v) is 15.4. The molecule has 0 saturated carbocycles. The Kier molecular flexibility index (Phi) is 7.65. The van der Waals surface area contributed by atoms with Crippen molar-refractivity contribution in [1.82, 2.24) is 0 Å². The fourth-order valence-corrected chi connectivity index (χ4v) is 7.57. The van der Waals surface area contributed by atoms with E-state index >= 15 is 0 Å². The molecular formula is C37H34BNO6. The summed E-state index contributed by atoms with van der Waals surface area (Å²) in [6, 6.07) is 28.1. The van der Waals surface area contributed by atoms with E-state index in [-0.39, 0.29) is 35.0 Å². The van der Waals surface area contributed by atoms with Gasteiger partial charge in [-0.1, -0.05) is 84.4 Å². The van der Waals surface area contributed by atoms with Gasteiger partial charge in [-0.25, -0.2) is 0 Å². The minimum atomic E-state index is -1.69. The molecule has 3 aliphatic rings. The van der Waals surface area contributed by atoms with Crippen LogP contribution in [0, 0.1) is 17.8 Å². The second-order valence-electron chi connectivity index (χ2n) is 12.3. The molecule has 2 amide bonds. The summed E-state index contributed by atoms with van der Waals surface area (Å²) in [5, 5.41) is 31.5. The molecule has 0 spiro atoms. The van der Waals surface area contributed by atoms with Crippen LogP contribution < -0.4 is 10.4 Å². The summed E-state index contributed by atoms with van der Waals surface area (Å²) in [7, 11) is -1.69. The third kappa shape index (κ3) is 5.19. The fourth-order valence-electron chi connectivity index (χ4n) is 7.57. The van der Waals surface area contributed by atoms with Crippen LogP contribution >= 0.6 is 0 Å². The Labute approximate surface area is 262 Å². The lowest BCUT2D eigenvalue weighted by Gasteiger charge is -2.30. The lowest BCUT2D eigenvalue weighted by molar-refractivity contribution is -0.122. The molecule has 4 aromatic rings. The molecule has 0 aromatic heterocycles. The number of anilines is 1. The maximum atomic E-state index is 13.8. The summed E-state index contributed by atoms with van der Waals surface area (Å²) in [6.07, 6.45) is 3.98. The normalized spacial score (nSPS) is 23.1. The van der Waals surface area contributed by atoms with Crippen LogP contribution in [-0.2, 0) is 14.3 Å². The quantitative estimate of drug-likeness (QED) is 0.118. The van der Waals surface area contributed by atoms with Crippen LogP contribution in [0.5, 0.6) is 5.75 Å². The number of imide groups is 1. The Balaban J connectivity index is 1.16. The number of phenols is 1. The van der Waals surface area contributed by atoms with Gasteiger partial charge in [0.25, 0.3) is 0 Å². The van der Waals surface area contributed by atoms with Gasteiger partial charge in [0.1, 0.15) is 5.75 Å². The maximum absolute atomic E-state index is 13.8. The zero-order valence-corrected chi connectivity index (χ0v) is 25.0. The van der Waals surface area contributed by atoms with Crippen molar-refractivity contribution in [2.24, 2.45) is 17.8 Å². The number of hydrogen-bond donors (Lipinski definition) is 3. The number of carbonyl (C=O) groups is 2. The van der Waals surface area contributed by atoms with Gasteiger partial charge in [0.15, 0.2) is 0 Å². The van der Waals surface area contributed by atoms with Crippen molar-refractivity contribution in [3.63, 3.8) is 0 Å². The fraction of sp³-hybridized carbons (Fsp3) is 0.243. The number of amides is 2. The molecule has 226 valence electrons. The van der Waals surface area contributed by atoms with Crippen molar-refractivity contribution in [1.29, 1.82) is 0 Å².